The summed E-state index contributed by atoms with van der Waals surface area (Å²) < 4.78 is 36.3. The van der Waals surface area contributed by atoms with Crippen molar-refractivity contribution >= 4 is 133 Å². The molecule has 2 amide bonds. The van der Waals surface area contributed by atoms with Gasteiger partial charge in [0, 0.05) is 61.2 Å². The molecule has 4 atom stereocenters. The molecule has 0 aliphatic heterocycles. The van der Waals surface area contributed by atoms with Crippen molar-refractivity contribution in [3.8, 4) is 0 Å². The van der Waals surface area contributed by atoms with E-state index in [0.717, 1.165) is 48.5 Å². The summed E-state index contributed by atoms with van der Waals surface area (Å²) in [7, 11) is 0. The van der Waals surface area contributed by atoms with Crippen LogP contribution in [0.2, 0.25) is 0 Å². The fraction of sp³-hybridized carbons (Fsp3) is 0.483. The van der Waals surface area contributed by atoms with Crippen LogP contribution in [0.25, 0.3) is 0 Å². The number of halogens is 3. The highest BCUT2D eigenvalue weighted by Crippen LogP contribution is 2.40. The maximum Gasteiger partial charge on any atom is 0.303 e. The van der Waals surface area contributed by atoms with Crippen LogP contribution in [-0.2, 0) is 82.9 Å². The van der Waals surface area contributed by atoms with Crippen molar-refractivity contribution in [1.82, 2.24) is 0 Å². The van der Waals surface area contributed by atoms with Gasteiger partial charge in [-0.1, -0.05) is 0 Å². The molecule has 0 aliphatic rings. The first-order chi connectivity index (χ1) is 23.2. The van der Waals surface area contributed by atoms with Gasteiger partial charge < -0.3 is 43.8 Å². The number of anilines is 2. The van der Waals surface area contributed by atoms with Gasteiger partial charge in [-0.15, -0.1) is 0 Å². The van der Waals surface area contributed by atoms with E-state index in [2.05, 4.69) is 10.6 Å². The fourth-order valence-corrected chi connectivity index (χ4v) is 7.79. The maximum atomic E-state index is 13.7. The number of rotatable bonds is 16. The molecule has 1 rings (SSSR count). The molecule has 0 spiro atoms. The van der Waals surface area contributed by atoms with Gasteiger partial charge >= 0.3 is 41.8 Å². The molecule has 0 aliphatic carbocycles. The standard InChI is InChI=1S/C29H33I3N2O16/c1-11(35)44-8-18-21(30)24(33-28(42)26(49-16(6)40)19(47-14(4)38)9-45-12(2)36)23(32)25(22(18)31)34-29(43)27(50-17(7)41)20(48-15(5)39)10-46-13(3)37/h19-20,26-27H,8-10H2,1-7H3,(H,33,42)(H,34,43). The Bertz CT molecular complexity index is 1430. The quantitative estimate of drug-likeness (QED) is 0.137. The molecule has 18 nitrogen and oxygen atoms in total. The van der Waals surface area contributed by atoms with Gasteiger partial charge in [0.05, 0.1) is 14.9 Å². The highest BCUT2D eigenvalue weighted by atomic mass is 127. The minimum atomic E-state index is -1.85. The number of ether oxygens (including phenoxy) is 7. The van der Waals surface area contributed by atoms with Crippen LogP contribution in [0, 0.1) is 10.7 Å². The Kier molecular flexibility index (Phi) is 18.9. The van der Waals surface area contributed by atoms with Crippen LogP contribution in [-0.4, -0.2) is 91.2 Å². The molecule has 0 fully saturated rings. The Morgan fingerprint density at radius 3 is 1.08 bits per heavy atom. The van der Waals surface area contributed by atoms with Gasteiger partial charge in [0.1, 0.15) is 19.8 Å². The SMILES string of the molecule is CC(=O)OCc1c(I)c(NC(=O)C(OC(C)=O)C(COC(C)=O)OC(C)=O)c(I)c(NC(=O)C(OC(C)=O)C(COC(C)=O)OC(C)=O)c1I. The second-order valence-electron chi connectivity index (χ2n) is 9.89. The van der Waals surface area contributed by atoms with Crippen LogP contribution < -0.4 is 10.6 Å². The summed E-state index contributed by atoms with van der Waals surface area (Å²) in [6.45, 7) is 5.64. The molecule has 0 saturated carbocycles. The minimum Gasteiger partial charge on any atom is -0.462 e. The average Bonchev–Trinajstić information content (AvgIpc) is 2.98. The van der Waals surface area contributed by atoms with E-state index in [1.54, 1.807) is 22.6 Å². The van der Waals surface area contributed by atoms with Crippen LogP contribution >= 0.6 is 67.8 Å². The number of esters is 7. The van der Waals surface area contributed by atoms with Crippen LogP contribution in [0.1, 0.15) is 54.0 Å². The molecule has 0 saturated heterocycles. The summed E-state index contributed by atoms with van der Waals surface area (Å²) in [5, 5.41) is 5.13. The number of carbonyl (C=O) groups is 9. The molecule has 1 aromatic carbocycles. The molecular weight excluding hydrogens is 1010 g/mol. The third-order valence-corrected chi connectivity index (χ3v) is 9.10. The van der Waals surface area contributed by atoms with Crippen molar-refractivity contribution in [1.29, 1.82) is 0 Å². The van der Waals surface area contributed by atoms with Crippen molar-refractivity contribution in [3.63, 3.8) is 0 Å². The van der Waals surface area contributed by atoms with Crippen molar-refractivity contribution < 1.29 is 76.3 Å². The summed E-state index contributed by atoms with van der Waals surface area (Å²) in [4.78, 5) is 110. The van der Waals surface area contributed by atoms with Crippen molar-refractivity contribution in [2.24, 2.45) is 0 Å². The number of benzene rings is 1. The van der Waals surface area contributed by atoms with E-state index in [1.807, 2.05) is 45.2 Å². The monoisotopic (exact) mass is 1050 g/mol. The molecule has 4 unspecified atom stereocenters. The van der Waals surface area contributed by atoms with Gasteiger partial charge in [-0.3, -0.25) is 43.2 Å². The van der Waals surface area contributed by atoms with E-state index in [-0.39, 0.29) is 27.1 Å². The number of amides is 2. The van der Waals surface area contributed by atoms with Gasteiger partial charge in [-0.05, 0) is 67.8 Å². The molecule has 0 aromatic heterocycles. The topological polar surface area (TPSA) is 242 Å². The Morgan fingerprint density at radius 2 is 0.800 bits per heavy atom. The first-order valence-electron chi connectivity index (χ1n) is 14.1. The summed E-state index contributed by atoms with van der Waals surface area (Å²) in [6, 6.07) is 0. The van der Waals surface area contributed by atoms with E-state index >= 15 is 0 Å². The molecular formula is C29H33I3N2O16. The van der Waals surface area contributed by atoms with Crippen LogP contribution in [0.15, 0.2) is 0 Å². The Morgan fingerprint density at radius 1 is 0.480 bits per heavy atom. The van der Waals surface area contributed by atoms with Crippen LogP contribution in [0.3, 0.4) is 0 Å². The average molecular weight is 1050 g/mol. The number of hydrogen-bond donors (Lipinski definition) is 2. The lowest BCUT2D eigenvalue weighted by Gasteiger charge is -2.27. The normalized spacial score (nSPS) is 12.8. The lowest BCUT2D eigenvalue weighted by molar-refractivity contribution is -0.175. The predicted octanol–water partition coefficient (Wildman–Crippen LogP) is 2.29. The first-order valence-corrected chi connectivity index (χ1v) is 17.3. The predicted molar refractivity (Wildman–Crippen MR) is 193 cm³/mol. The van der Waals surface area contributed by atoms with Gasteiger partial charge in [0.15, 0.2) is 12.2 Å². The highest BCUT2D eigenvalue weighted by Gasteiger charge is 2.38. The molecule has 0 radical (unpaired) electrons. The zero-order valence-corrected chi connectivity index (χ0v) is 34.1. The zero-order valence-electron chi connectivity index (χ0n) is 27.6. The molecule has 0 heterocycles. The molecule has 21 heteroatoms. The first kappa shape index (κ1) is 44.7. The van der Waals surface area contributed by atoms with E-state index in [0.29, 0.717) is 7.14 Å². The van der Waals surface area contributed by atoms with Gasteiger partial charge in [0.2, 0.25) is 12.2 Å². The molecule has 50 heavy (non-hydrogen) atoms. The lowest BCUT2D eigenvalue weighted by Crippen LogP contribution is -2.46. The third-order valence-electron chi connectivity index (χ3n) is 5.64. The van der Waals surface area contributed by atoms with E-state index in [1.165, 1.54) is 0 Å². The Labute approximate surface area is 326 Å². The van der Waals surface area contributed by atoms with Crippen molar-refractivity contribution in [3.05, 3.63) is 16.3 Å². The maximum absolute atomic E-state index is 13.7. The van der Waals surface area contributed by atoms with Crippen LogP contribution in [0.4, 0.5) is 11.4 Å². The van der Waals surface area contributed by atoms with Crippen molar-refractivity contribution in [2.75, 3.05) is 23.8 Å². The summed E-state index contributed by atoms with van der Waals surface area (Å²) >= 11 is 5.45. The number of hydrogen-bond acceptors (Lipinski definition) is 16. The molecule has 0 bridgehead atoms. The van der Waals surface area contributed by atoms with Gasteiger partial charge in [0.25, 0.3) is 11.8 Å². The fourth-order valence-electron chi connectivity index (χ4n) is 3.77. The van der Waals surface area contributed by atoms with E-state index < -0.39 is 91.2 Å². The minimum absolute atomic E-state index is 0.0132. The lowest BCUT2D eigenvalue weighted by atomic mass is 10.1. The number of nitrogens with one attached hydrogen (secondary N) is 2. The number of carbonyl (C=O) groups excluding carboxylic acids is 9. The van der Waals surface area contributed by atoms with Gasteiger partial charge in [-0.2, -0.15) is 0 Å². The molecule has 276 valence electrons. The third kappa shape index (κ3) is 14.9. The van der Waals surface area contributed by atoms with Crippen LogP contribution in [0.5, 0.6) is 0 Å². The Balaban J connectivity index is 3.85. The largest absolute Gasteiger partial charge is 0.462 e. The summed E-state index contributed by atoms with van der Waals surface area (Å²) in [6.07, 6.45) is -6.87. The van der Waals surface area contributed by atoms with Gasteiger partial charge in [-0.25, -0.2) is 0 Å². The Hall–Kier alpha value is -3.36. The molecule has 1 aromatic rings. The van der Waals surface area contributed by atoms with E-state index in [4.69, 9.17) is 33.2 Å². The zero-order chi connectivity index (χ0) is 38.5. The summed E-state index contributed by atoms with van der Waals surface area (Å²) in [5.74, 6) is -8.01. The second kappa shape index (κ2) is 21.1. The highest BCUT2D eigenvalue weighted by molar-refractivity contribution is 14.1. The molecule has 2 N–H and O–H groups in total. The summed E-state index contributed by atoms with van der Waals surface area (Å²) in [5.41, 5.74) is 0.245. The smallest absolute Gasteiger partial charge is 0.303 e. The van der Waals surface area contributed by atoms with Crippen molar-refractivity contribution in [2.45, 2.75) is 79.5 Å². The van der Waals surface area contributed by atoms with E-state index in [9.17, 15) is 43.2 Å². The second-order valence-corrected chi connectivity index (χ2v) is 13.1.